The minimum absolute atomic E-state index is 0.127. The Kier molecular flexibility index (Phi) is 8.95. The van der Waals surface area contributed by atoms with Crippen LogP contribution in [0, 0.1) is 0 Å². The summed E-state index contributed by atoms with van der Waals surface area (Å²) in [5, 5.41) is 8.87. The van der Waals surface area contributed by atoms with Gasteiger partial charge in [0.1, 0.15) is 5.75 Å². The lowest BCUT2D eigenvalue weighted by molar-refractivity contribution is -0.137. The average Bonchev–Trinajstić information content (AvgIpc) is 2.85. The molecule has 1 aromatic heterocycles. The van der Waals surface area contributed by atoms with E-state index in [4.69, 9.17) is 9.84 Å². The number of benzene rings is 2. The topological polar surface area (TPSA) is 106 Å². The van der Waals surface area contributed by atoms with Crippen molar-refractivity contribution in [3.63, 3.8) is 0 Å². The second-order valence-corrected chi connectivity index (χ2v) is 9.43. The number of carbonyl (C=O) groups is 1. The molecule has 0 amide bonds. The van der Waals surface area contributed by atoms with Gasteiger partial charge in [-0.25, -0.2) is 13.1 Å². The highest BCUT2D eigenvalue weighted by Crippen LogP contribution is 2.24. The number of pyridine rings is 1. The Hall–Kier alpha value is -3.49. The molecule has 3 aromatic rings. The Bertz CT molecular complexity index is 1210. The average molecular weight is 481 g/mol. The summed E-state index contributed by atoms with van der Waals surface area (Å²) in [6.45, 7) is 0.272. The molecule has 0 aliphatic rings. The molecule has 2 N–H and O–H groups in total. The van der Waals surface area contributed by atoms with Crippen molar-refractivity contribution < 1.29 is 23.1 Å². The van der Waals surface area contributed by atoms with Gasteiger partial charge in [-0.3, -0.25) is 9.78 Å². The normalized spacial score (nSPS) is 11.9. The minimum Gasteiger partial charge on any atom is -0.497 e. The van der Waals surface area contributed by atoms with Crippen LogP contribution in [0.2, 0.25) is 0 Å². The number of carboxylic acid groups (broad SMARTS) is 1. The van der Waals surface area contributed by atoms with Gasteiger partial charge in [-0.05, 0) is 66.3 Å². The second-order valence-electron chi connectivity index (χ2n) is 7.67. The van der Waals surface area contributed by atoms with Crippen LogP contribution in [0.25, 0.3) is 5.57 Å². The van der Waals surface area contributed by atoms with Crippen LogP contribution < -0.4 is 9.46 Å². The zero-order valence-corrected chi connectivity index (χ0v) is 19.8. The van der Waals surface area contributed by atoms with Gasteiger partial charge in [0.25, 0.3) is 0 Å². The molecule has 0 spiro atoms. The molecule has 0 aliphatic heterocycles. The summed E-state index contributed by atoms with van der Waals surface area (Å²) in [5.74, 6) is -0.205. The third-order valence-electron chi connectivity index (χ3n) is 5.26. The van der Waals surface area contributed by atoms with Crippen molar-refractivity contribution in [3.8, 4) is 5.75 Å². The molecule has 0 aliphatic carbocycles. The number of allylic oxidation sites excluding steroid dienone is 1. The molecular weight excluding hydrogens is 452 g/mol. The highest BCUT2D eigenvalue weighted by atomic mass is 32.2. The fourth-order valence-electron chi connectivity index (χ4n) is 3.44. The largest absolute Gasteiger partial charge is 0.497 e. The van der Waals surface area contributed by atoms with Crippen molar-refractivity contribution in [3.05, 3.63) is 95.8 Å². The highest BCUT2D eigenvalue weighted by Gasteiger charge is 2.13. The van der Waals surface area contributed by atoms with E-state index >= 15 is 0 Å². The van der Waals surface area contributed by atoms with Crippen LogP contribution in [-0.4, -0.2) is 38.1 Å². The van der Waals surface area contributed by atoms with E-state index in [-0.39, 0.29) is 17.9 Å². The number of aromatic nitrogens is 1. The second kappa shape index (κ2) is 12.1. The van der Waals surface area contributed by atoms with Gasteiger partial charge >= 0.3 is 5.97 Å². The molecule has 2 aromatic carbocycles. The summed E-state index contributed by atoms with van der Waals surface area (Å²) in [7, 11) is -2.07. The molecule has 0 bridgehead atoms. The van der Waals surface area contributed by atoms with E-state index < -0.39 is 16.0 Å². The summed E-state index contributed by atoms with van der Waals surface area (Å²) in [6, 6.07) is 18.0. The lowest BCUT2D eigenvalue weighted by Gasteiger charge is -2.11. The van der Waals surface area contributed by atoms with Gasteiger partial charge in [-0.15, -0.1) is 0 Å². The van der Waals surface area contributed by atoms with Crippen LogP contribution in [-0.2, 0) is 21.2 Å². The summed E-state index contributed by atoms with van der Waals surface area (Å²) in [4.78, 5) is 15.2. The van der Waals surface area contributed by atoms with Crippen LogP contribution in [0.1, 0.15) is 36.0 Å². The van der Waals surface area contributed by atoms with E-state index in [2.05, 4.69) is 9.71 Å². The number of unbranched alkanes of at least 4 members (excludes halogenated alkanes) is 1. The van der Waals surface area contributed by atoms with E-state index in [0.717, 1.165) is 22.3 Å². The zero-order chi connectivity index (χ0) is 24.4. The summed E-state index contributed by atoms with van der Waals surface area (Å²) >= 11 is 0. The van der Waals surface area contributed by atoms with Gasteiger partial charge in [-0.2, -0.15) is 0 Å². The lowest BCUT2D eigenvalue weighted by Crippen LogP contribution is -2.25. The molecule has 3 rings (SSSR count). The highest BCUT2D eigenvalue weighted by molar-refractivity contribution is 7.89. The molecule has 0 unspecified atom stereocenters. The fraction of sp³-hybridized carbons (Fsp3) is 0.231. The molecular formula is C26H28N2O5S. The standard InChI is InChI=1S/C26H28N2O5S/c1-33-23-12-14-24(15-13-23)34(31,32)28-18-16-20-8-10-21(11-9-20)25(6-2-3-7-26(29)30)22-5-4-17-27-19-22/h4-6,8-15,17,19,28H,2-3,7,16,18H2,1H3,(H,29,30)/b25-6-. The Morgan fingerprint density at radius 3 is 2.41 bits per heavy atom. The van der Waals surface area contributed by atoms with Crippen molar-refractivity contribution in [2.45, 2.75) is 30.6 Å². The fourth-order valence-corrected chi connectivity index (χ4v) is 4.47. The van der Waals surface area contributed by atoms with Crippen molar-refractivity contribution in [1.82, 2.24) is 9.71 Å². The van der Waals surface area contributed by atoms with Crippen LogP contribution in [0.15, 0.2) is 84.0 Å². The Balaban J connectivity index is 1.64. The summed E-state index contributed by atoms with van der Waals surface area (Å²) in [5.41, 5.74) is 3.94. The minimum atomic E-state index is -3.60. The van der Waals surface area contributed by atoms with E-state index in [1.165, 1.54) is 19.2 Å². The molecule has 0 radical (unpaired) electrons. The van der Waals surface area contributed by atoms with Crippen molar-refractivity contribution in [1.29, 1.82) is 0 Å². The number of ether oxygens (including phenoxy) is 1. The Morgan fingerprint density at radius 1 is 1.06 bits per heavy atom. The summed E-state index contributed by atoms with van der Waals surface area (Å²) < 4.78 is 32.7. The first-order valence-corrected chi connectivity index (χ1v) is 12.4. The predicted octanol–water partition coefficient (Wildman–Crippen LogP) is 4.30. The van der Waals surface area contributed by atoms with E-state index in [9.17, 15) is 13.2 Å². The van der Waals surface area contributed by atoms with Crippen molar-refractivity contribution >= 4 is 21.6 Å². The van der Waals surface area contributed by atoms with Crippen LogP contribution in [0.3, 0.4) is 0 Å². The predicted molar refractivity (Wildman–Crippen MR) is 131 cm³/mol. The zero-order valence-electron chi connectivity index (χ0n) is 19.0. The maximum atomic E-state index is 12.5. The molecule has 0 saturated heterocycles. The quantitative estimate of drug-likeness (QED) is 0.375. The molecule has 1 heterocycles. The van der Waals surface area contributed by atoms with Gasteiger partial charge in [0.2, 0.25) is 10.0 Å². The van der Waals surface area contributed by atoms with Crippen molar-refractivity contribution in [2.24, 2.45) is 0 Å². The molecule has 0 saturated carbocycles. The first-order valence-electron chi connectivity index (χ1n) is 10.9. The Labute approximate surface area is 200 Å². The maximum absolute atomic E-state index is 12.5. The SMILES string of the molecule is COc1ccc(S(=O)(=O)NCCc2ccc(/C(=C/CCCC(=O)O)c3cccnc3)cc2)cc1. The lowest BCUT2D eigenvalue weighted by atomic mass is 9.96. The smallest absolute Gasteiger partial charge is 0.303 e. The maximum Gasteiger partial charge on any atom is 0.303 e. The number of rotatable bonds is 12. The number of methoxy groups -OCH3 is 1. The Morgan fingerprint density at radius 2 is 1.79 bits per heavy atom. The molecule has 0 fully saturated rings. The summed E-state index contributed by atoms with van der Waals surface area (Å²) in [6.07, 6.45) is 7.41. The number of sulfonamides is 1. The van der Waals surface area contributed by atoms with E-state index in [0.29, 0.717) is 25.0 Å². The van der Waals surface area contributed by atoms with Gasteiger partial charge in [0.15, 0.2) is 0 Å². The van der Waals surface area contributed by atoms with Gasteiger partial charge in [-0.1, -0.05) is 36.4 Å². The van der Waals surface area contributed by atoms with Gasteiger partial charge < -0.3 is 9.84 Å². The molecule has 0 atom stereocenters. The van der Waals surface area contributed by atoms with E-state index in [1.807, 2.05) is 42.5 Å². The molecule has 8 heteroatoms. The first-order chi connectivity index (χ1) is 16.4. The van der Waals surface area contributed by atoms with Gasteiger partial charge in [0, 0.05) is 30.9 Å². The third-order valence-corrected chi connectivity index (χ3v) is 6.73. The third kappa shape index (κ3) is 7.26. The molecule has 7 nitrogen and oxygen atoms in total. The van der Waals surface area contributed by atoms with Crippen molar-refractivity contribution in [2.75, 3.05) is 13.7 Å². The monoisotopic (exact) mass is 480 g/mol. The van der Waals surface area contributed by atoms with Gasteiger partial charge in [0.05, 0.1) is 12.0 Å². The van der Waals surface area contributed by atoms with E-state index in [1.54, 1.807) is 24.5 Å². The number of nitrogens with one attached hydrogen (secondary N) is 1. The number of aliphatic carboxylic acids is 1. The number of carboxylic acids is 1. The molecule has 178 valence electrons. The van der Waals surface area contributed by atoms with Crippen LogP contribution in [0.4, 0.5) is 0 Å². The first kappa shape index (κ1) is 25.1. The number of hydrogen-bond acceptors (Lipinski definition) is 5. The van der Waals surface area contributed by atoms with Crippen LogP contribution >= 0.6 is 0 Å². The number of hydrogen-bond donors (Lipinski definition) is 2. The van der Waals surface area contributed by atoms with Crippen LogP contribution in [0.5, 0.6) is 5.75 Å². The molecule has 34 heavy (non-hydrogen) atoms. The number of nitrogens with zero attached hydrogens (tertiary/aromatic N) is 1.